The quantitative estimate of drug-likeness (QED) is 0.113. The molecule has 2 aliphatic carbocycles. The fourth-order valence-corrected chi connectivity index (χ4v) is 7.92. The fourth-order valence-electron chi connectivity index (χ4n) is 7.92. The Hall–Kier alpha value is -3.34. The number of carbonyl (C=O) groups is 3. The molecule has 8 heteroatoms. The minimum absolute atomic E-state index is 0. The maximum Gasteiger partial charge on any atom is 0.305 e. The molecule has 2 fully saturated rings. The van der Waals surface area contributed by atoms with Crippen molar-refractivity contribution in [1.29, 1.82) is 0 Å². The second-order valence-corrected chi connectivity index (χ2v) is 16.8. The van der Waals surface area contributed by atoms with Crippen molar-refractivity contribution in [3.05, 3.63) is 93.6 Å². The molecule has 4 rings (SSSR count). The van der Waals surface area contributed by atoms with Crippen LogP contribution in [0.5, 0.6) is 0 Å². The number of halogens is 2. The van der Waals surface area contributed by atoms with Crippen LogP contribution in [-0.4, -0.2) is 28.7 Å². The second-order valence-electron chi connectivity index (χ2n) is 16.8. The van der Waals surface area contributed by atoms with Crippen molar-refractivity contribution < 1.29 is 45.6 Å². The smallest absolute Gasteiger partial charge is 0.305 e. The number of benzene rings is 2. The number of hydrogen-bond donors (Lipinski definition) is 2. The van der Waals surface area contributed by atoms with E-state index in [1.807, 2.05) is 32.0 Å². The van der Waals surface area contributed by atoms with E-state index >= 15 is 0 Å². The molecule has 1 amide bonds. The summed E-state index contributed by atoms with van der Waals surface area (Å²) < 4.78 is 25.5. The molecule has 2 N–H and O–H groups in total. The zero-order valence-electron chi connectivity index (χ0n) is 36.0. The van der Waals surface area contributed by atoms with E-state index in [4.69, 9.17) is 0 Å². The van der Waals surface area contributed by atoms with Gasteiger partial charge in [0, 0.05) is 36.3 Å². The molecular formula is C48H68CrF2NO4-. The zero-order chi connectivity index (χ0) is 41.7. The standard InChI is InChI=1S/C25H32NO3.C12H16F2O.C11H20.Cr/c1-15(2)10-11-23(27)26-22(14-24(28)29)21-13-20(12-18(5)19(21)6)25-16(3)8-7-9-17(25)4;1-8(2)11(10(4)15)7-6-9(3)12(5,13)14;1-2-5-10-8-11(9-10)6-3-4-7-11;/h8-9,12-13,15,22H,10-11,14H2,1-6H3,(H,26,27)(H,28,29);6-7H,1H2,2-5H3;10H,2-9H2,1H3;/q-1;;;/b;9-6+,11-7+;;. The van der Waals surface area contributed by atoms with Crippen LogP contribution in [0.4, 0.5) is 8.78 Å². The van der Waals surface area contributed by atoms with Crippen molar-refractivity contribution in [2.75, 3.05) is 0 Å². The number of alkyl halides is 2. The molecule has 1 atom stereocenters. The number of carbonyl (C=O) groups excluding carboxylic acids is 2. The summed E-state index contributed by atoms with van der Waals surface area (Å²) in [5.41, 5.74) is 9.13. The van der Waals surface area contributed by atoms with Crippen molar-refractivity contribution in [3.63, 3.8) is 0 Å². The average Bonchev–Trinajstić information content (AvgIpc) is 3.55. The number of nitrogens with one attached hydrogen (secondary N) is 1. The van der Waals surface area contributed by atoms with Crippen molar-refractivity contribution in [1.82, 2.24) is 5.32 Å². The first-order valence-electron chi connectivity index (χ1n) is 20.1. The van der Waals surface area contributed by atoms with Crippen LogP contribution >= 0.6 is 0 Å². The van der Waals surface area contributed by atoms with Crippen LogP contribution in [0.25, 0.3) is 11.1 Å². The van der Waals surface area contributed by atoms with E-state index in [0.29, 0.717) is 23.5 Å². The third kappa shape index (κ3) is 15.9. The van der Waals surface area contributed by atoms with Crippen molar-refractivity contribution in [2.24, 2.45) is 17.3 Å². The zero-order valence-corrected chi connectivity index (χ0v) is 37.3. The topological polar surface area (TPSA) is 83.5 Å². The molecule has 1 spiro atoms. The van der Waals surface area contributed by atoms with Gasteiger partial charge >= 0.3 is 5.97 Å². The van der Waals surface area contributed by atoms with E-state index in [-0.39, 0.29) is 41.0 Å². The van der Waals surface area contributed by atoms with Gasteiger partial charge in [0.15, 0.2) is 5.78 Å². The predicted octanol–water partition coefficient (Wildman–Crippen LogP) is 12.9. The molecule has 0 heterocycles. The van der Waals surface area contributed by atoms with Crippen LogP contribution in [0.1, 0.15) is 153 Å². The van der Waals surface area contributed by atoms with Crippen molar-refractivity contribution in [3.8, 4) is 11.1 Å². The maximum atomic E-state index is 12.8. The van der Waals surface area contributed by atoms with Gasteiger partial charge in [-0.25, -0.2) is 8.78 Å². The summed E-state index contributed by atoms with van der Waals surface area (Å²) in [6.07, 6.45) is 15.9. The average molecular weight is 813 g/mol. The van der Waals surface area contributed by atoms with E-state index in [2.05, 4.69) is 58.6 Å². The number of rotatable bonds is 14. The van der Waals surface area contributed by atoms with Gasteiger partial charge in [-0.15, -0.1) is 5.56 Å². The predicted molar refractivity (Wildman–Crippen MR) is 223 cm³/mol. The first-order valence-corrected chi connectivity index (χ1v) is 20.1. The molecule has 56 heavy (non-hydrogen) atoms. The molecule has 0 saturated heterocycles. The van der Waals surface area contributed by atoms with E-state index in [0.717, 1.165) is 63.6 Å². The Morgan fingerprint density at radius 2 is 1.57 bits per heavy atom. The number of Topliss-reactive ketones (excluding diaryl/α,β-unsaturated/α-hetero) is 1. The SMILES string of the molecule is C=C(C)/C(=C\C=C(/C)C(C)(F)F)C(C)=O.CCCC1CC2(CCCC2)C1.Cc1cc(-c2c(C)c[c-]cc2C)cc(C(CC(=O)O)NC(=O)CCC(C)C)c1C.[Cr]. The van der Waals surface area contributed by atoms with Gasteiger partial charge < -0.3 is 10.4 Å². The molecule has 1 unspecified atom stereocenters. The van der Waals surface area contributed by atoms with E-state index < -0.39 is 17.9 Å². The number of carboxylic acids is 1. The summed E-state index contributed by atoms with van der Waals surface area (Å²) in [7, 11) is 0. The van der Waals surface area contributed by atoms with Crippen LogP contribution in [0.2, 0.25) is 0 Å². The molecule has 2 aliphatic rings. The molecule has 0 bridgehead atoms. The van der Waals surface area contributed by atoms with Gasteiger partial charge in [0.05, 0.1) is 12.5 Å². The third-order valence-corrected chi connectivity index (χ3v) is 11.3. The number of carboxylic acid groups (broad SMARTS) is 1. The van der Waals surface area contributed by atoms with Gasteiger partial charge in [0.25, 0.3) is 5.92 Å². The Morgan fingerprint density at radius 3 is 2.04 bits per heavy atom. The summed E-state index contributed by atoms with van der Waals surface area (Å²) in [4.78, 5) is 35.1. The van der Waals surface area contributed by atoms with E-state index in [9.17, 15) is 28.3 Å². The van der Waals surface area contributed by atoms with Gasteiger partial charge in [0.2, 0.25) is 5.91 Å². The van der Waals surface area contributed by atoms with Crippen LogP contribution in [0, 0.1) is 51.0 Å². The van der Waals surface area contributed by atoms with Crippen LogP contribution in [-0.2, 0) is 31.7 Å². The summed E-state index contributed by atoms with van der Waals surface area (Å²) in [6, 6.07) is 10.7. The molecule has 2 saturated carbocycles. The molecule has 0 aliphatic heterocycles. The molecule has 2 aromatic carbocycles. The van der Waals surface area contributed by atoms with Gasteiger partial charge in [-0.05, 0) is 117 Å². The number of allylic oxidation sites excluding steroid dienone is 5. The van der Waals surface area contributed by atoms with Crippen molar-refractivity contribution in [2.45, 2.75) is 159 Å². The molecule has 310 valence electrons. The van der Waals surface area contributed by atoms with Gasteiger partial charge in [-0.3, -0.25) is 14.4 Å². The van der Waals surface area contributed by atoms with Gasteiger partial charge in [0.1, 0.15) is 0 Å². The van der Waals surface area contributed by atoms with Crippen molar-refractivity contribution >= 4 is 17.7 Å². The first-order chi connectivity index (χ1) is 25.6. The first kappa shape index (κ1) is 50.7. The Balaban J connectivity index is 0.000000481. The van der Waals surface area contributed by atoms with Gasteiger partial charge in [-0.1, -0.05) is 91.2 Å². The van der Waals surface area contributed by atoms with E-state index in [1.165, 1.54) is 51.7 Å². The Kier molecular flexibility index (Phi) is 21.0. The molecule has 2 aromatic rings. The minimum Gasteiger partial charge on any atom is -0.481 e. The summed E-state index contributed by atoms with van der Waals surface area (Å²) in [6.45, 7) is 23.4. The maximum absolute atomic E-state index is 12.8. The summed E-state index contributed by atoms with van der Waals surface area (Å²) >= 11 is 0. The Morgan fingerprint density at radius 1 is 1.00 bits per heavy atom. The monoisotopic (exact) mass is 812 g/mol. The molecular weight excluding hydrogens is 745 g/mol. The third-order valence-electron chi connectivity index (χ3n) is 11.3. The summed E-state index contributed by atoms with van der Waals surface area (Å²) in [5, 5.41) is 12.4. The molecule has 0 aromatic heterocycles. The molecule has 5 nitrogen and oxygen atoms in total. The Labute approximate surface area is 348 Å². The van der Waals surface area contributed by atoms with Crippen LogP contribution in [0.15, 0.2) is 59.7 Å². The number of aliphatic carboxylic acids is 1. The largest absolute Gasteiger partial charge is 0.481 e. The van der Waals surface area contributed by atoms with E-state index in [1.54, 1.807) is 32.6 Å². The fraction of sp³-hybridized carbons (Fsp3) is 0.562. The number of aryl methyl sites for hydroxylation is 3. The second kappa shape index (κ2) is 23.2. The number of hydrogen-bond acceptors (Lipinski definition) is 3. The van der Waals surface area contributed by atoms with Gasteiger partial charge in [-0.2, -0.15) is 29.3 Å². The minimum atomic E-state index is -2.85. The van der Waals surface area contributed by atoms with Crippen LogP contribution in [0.3, 0.4) is 0 Å². The summed E-state index contributed by atoms with van der Waals surface area (Å²) in [5.74, 6) is -2.51. The Bertz CT molecular complexity index is 1670. The number of amides is 1. The number of ketones is 1. The normalized spacial score (nSPS) is 15.8. The van der Waals surface area contributed by atoms with Crippen LogP contribution < -0.4 is 5.32 Å². The molecule has 0 radical (unpaired) electrons.